The maximum atomic E-state index is 12.4. The highest BCUT2D eigenvalue weighted by atomic mass is 35.5. The van der Waals surface area contributed by atoms with Crippen molar-refractivity contribution in [2.75, 3.05) is 13.6 Å². The number of carboxylic acids is 1. The SMILES string of the molecule is CC(CN(C)C(=O)c1cn[nH]c1-c1ccc(Cl)s1)C(=O)O. The fourth-order valence-electron chi connectivity index (χ4n) is 1.86. The minimum atomic E-state index is -0.938. The van der Waals surface area contributed by atoms with E-state index in [-0.39, 0.29) is 12.5 Å². The van der Waals surface area contributed by atoms with Gasteiger partial charge in [-0.05, 0) is 12.1 Å². The lowest BCUT2D eigenvalue weighted by molar-refractivity contribution is -0.141. The van der Waals surface area contributed by atoms with Gasteiger partial charge in [-0.1, -0.05) is 18.5 Å². The topological polar surface area (TPSA) is 86.3 Å². The Hall–Kier alpha value is -1.86. The number of carbonyl (C=O) groups excluding carboxylic acids is 1. The van der Waals surface area contributed by atoms with Crippen LogP contribution in [0.5, 0.6) is 0 Å². The molecule has 0 fully saturated rings. The van der Waals surface area contributed by atoms with E-state index in [9.17, 15) is 9.59 Å². The van der Waals surface area contributed by atoms with Crippen LogP contribution in [0.15, 0.2) is 18.3 Å². The molecule has 0 aliphatic rings. The highest BCUT2D eigenvalue weighted by molar-refractivity contribution is 7.19. The van der Waals surface area contributed by atoms with E-state index < -0.39 is 11.9 Å². The molecule has 21 heavy (non-hydrogen) atoms. The fourth-order valence-corrected chi connectivity index (χ4v) is 2.91. The molecule has 0 spiro atoms. The number of thiophene rings is 1. The minimum absolute atomic E-state index is 0.129. The van der Waals surface area contributed by atoms with Crippen LogP contribution in [0.2, 0.25) is 4.34 Å². The summed E-state index contributed by atoms with van der Waals surface area (Å²) >= 11 is 7.24. The molecular weight excluding hydrogens is 314 g/mol. The van der Waals surface area contributed by atoms with E-state index in [1.54, 1.807) is 26.1 Å². The zero-order chi connectivity index (χ0) is 15.6. The summed E-state index contributed by atoms with van der Waals surface area (Å²) in [5.74, 6) is -1.85. The van der Waals surface area contributed by atoms with Gasteiger partial charge in [0.1, 0.15) is 0 Å². The fraction of sp³-hybridized carbons (Fsp3) is 0.308. The maximum absolute atomic E-state index is 12.4. The van der Waals surface area contributed by atoms with Crippen LogP contribution in [-0.2, 0) is 4.79 Å². The van der Waals surface area contributed by atoms with Crippen molar-refractivity contribution in [3.05, 3.63) is 28.2 Å². The van der Waals surface area contributed by atoms with Crippen molar-refractivity contribution in [3.63, 3.8) is 0 Å². The second kappa shape index (κ2) is 6.28. The Balaban J connectivity index is 2.21. The summed E-state index contributed by atoms with van der Waals surface area (Å²) in [6, 6.07) is 3.55. The van der Waals surface area contributed by atoms with Crippen LogP contribution in [0.25, 0.3) is 10.6 Å². The van der Waals surface area contributed by atoms with Gasteiger partial charge in [0.15, 0.2) is 0 Å². The number of halogens is 1. The Kier molecular flexibility index (Phi) is 4.64. The van der Waals surface area contributed by atoms with Gasteiger partial charge in [-0.3, -0.25) is 14.7 Å². The summed E-state index contributed by atoms with van der Waals surface area (Å²) in [5.41, 5.74) is 0.986. The lowest BCUT2D eigenvalue weighted by Gasteiger charge is -2.19. The van der Waals surface area contributed by atoms with Crippen molar-refractivity contribution in [2.24, 2.45) is 5.92 Å². The molecule has 0 aromatic carbocycles. The van der Waals surface area contributed by atoms with Crippen LogP contribution in [0.4, 0.5) is 0 Å². The van der Waals surface area contributed by atoms with Crippen LogP contribution in [0, 0.1) is 5.92 Å². The Morgan fingerprint density at radius 1 is 1.52 bits per heavy atom. The maximum Gasteiger partial charge on any atom is 0.308 e. The first-order valence-corrected chi connectivity index (χ1v) is 7.37. The molecule has 0 saturated carbocycles. The van der Waals surface area contributed by atoms with E-state index in [2.05, 4.69) is 10.2 Å². The highest BCUT2D eigenvalue weighted by Crippen LogP contribution is 2.32. The summed E-state index contributed by atoms with van der Waals surface area (Å²) in [6.07, 6.45) is 1.44. The molecule has 1 atom stereocenters. The molecule has 0 bridgehead atoms. The first-order chi connectivity index (χ1) is 9.90. The monoisotopic (exact) mass is 327 g/mol. The molecule has 2 aromatic rings. The van der Waals surface area contributed by atoms with Crippen LogP contribution in [0.3, 0.4) is 0 Å². The van der Waals surface area contributed by atoms with Gasteiger partial charge in [0, 0.05) is 13.6 Å². The molecule has 0 aliphatic carbocycles. The van der Waals surface area contributed by atoms with Crippen molar-refractivity contribution in [3.8, 4) is 10.6 Å². The lowest BCUT2D eigenvalue weighted by atomic mass is 10.1. The van der Waals surface area contributed by atoms with E-state index >= 15 is 0 Å². The summed E-state index contributed by atoms with van der Waals surface area (Å²) in [5, 5.41) is 15.6. The molecule has 112 valence electrons. The minimum Gasteiger partial charge on any atom is -0.481 e. The van der Waals surface area contributed by atoms with Gasteiger partial charge in [0.05, 0.1) is 32.6 Å². The zero-order valence-corrected chi connectivity index (χ0v) is 13.0. The molecule has 6 nitrogen and oxygen atoms in total. The molecule has 0 saturated heterocycles. The van der Waals surface area contributed by atoms with E-state index in [4.69, 9.17) is 16.7 Å². The number of aromatic amines is 1. The standard InChI is InChI=1S/C13H14ClN3O3S/c1-7(13(19)20)6-17(2)12(18)8-5-15-16-11(8)9-3-4-10(14)21-9/h3-5,7H,6H2,1-2H3,(H,15,16)(H,19,20). The van der Waals surface area contributed by atoms with Gasteiger partial charge in [-0.15, -0.1) is 11.3 Å². The third-order valence-corrected chi connectivity index (χ3v) is 4.25. The molecule has 2 rings (SSSR count). The van der Waals surface area contributed by atoms with Gasteiger partial charge < -0.3 is 10.0 Å². The third kappa shape index (κ3) is 3.43. The van der Waals surface area contributed by atoms with Gasteiger partial charge >= 0.3 is 5.97 Å². The Morgan fingerprint density at radius 2 is 2.24 bits per heavy atom. The second-order valence-electron chi connectivity index (χ2n) is 4.69. The van der Waals surface area contributed by atoms with Crippen LogP contribution >= 0.6 is 22.9 Å². The number of amides is 1. The Labute approximate surface area is 130 Å². The van der Waals surface area contributed by atoms with Crippen molar-refractivity contribution >= 4 is 34.8 Å². The zero-order valence-electron chi connectivity index (χ0n) is 11.5. The summed E-state index contributed by atoms with van der Waals surface area (Å²) in [4.78, 5) is 25.5. The van der Waals surface area contributed by atoms with Gasteiger partial charge in [0.25, 0.3) is 5.91 Å². The number of H-pyrrole nitrogens is 1. The van der Waals surface area contributed by atoms with Crippen molar-refractivity contribution < 1.29 is 14.7 Å². The van der Waals surface area contributed by atoms with Crippen molar-refractivity contribution in [1.29, 1.82) is 0 Å². The quantitative estimate of drug-likeness (QED) is 0.883. The molecule has 0 aliphatic heterocycles. The van der Waals surface area contributed by atoms with E-state index in [0.29, 0.717) is 15.6 Å². The number of hydrogen-bond donors (Lipinski definition) is 2. The first kappa shape index (κ1) is 15.5. The average Bonchev–Trinajstić information content (AvgIpc) is 3.05. The molecule has 0 radical (unpaired) electrons. The average molecular weight is 328 g/mol. The van der Waals surface area contributed by atoms with Crippen molar-refractivity contribution in [2.45, 2.75) is 6.92 Å². The third-order valence-electron chi connectivity index (χ3n) is 3.01. The molecule has 8 heteroatoms. The van der Waals surface area contributed by atoms with Crippen molar-refractivity contribution in [1.82, 2.24) is 15.1 Å². The number of aliphatic carboxylic acids is 1. The number of nitrogens with zero attached hydrogens (tertiary/aromatic N) is 2. The summed E-state index contributed by atoms with van der Waals surface area (Å²) in [7, 11) is 1.57. The number of nitrogens with one attached hydrogen (secondary N) is 1. The van der Waals surface area contributed by atoms with E-state index in [1.165, 1.54) is 22.4 Å². The Morgan fingerprint density at radius 3 is 2.81 bits per heavy atom. The molecule has 2 heterocycles. The molecular formula is C13H14ClN3O3S. The summed E-state index contributed by atoms with van der Waals surface area (Å²) in [6.45, 7) is 1.69. The summed E-state index contributed by atoms with van der Waals surface area (Å²) < 4.78 is 0.617. The Bertz CT molecular complexity index is 667. The van der Waals surface area contributed by atoms with Crippen LogP contribution in [-0.4, -0.2) is 45.7 Å². The first-order valence-electron chi connectivity index (χ1n) is 6.17. The normalized spacial score (nSPS) is 12.1. The van der Waals surface area contributed by atoms with Crippen LogP contribution in [0.1, 0.15) is 17.3 Å². The molecule has 2 N–H and O–H groups in total. The molecule has 2 aromatic heterocycles. The van der Waals surface area contributed by atoms with Gasteiger partial charge in [-0.2, -0.15) is 5.10 Å². The van der Waals surface area contributed by atoms with Gasteiger partial charge in [0.2, 0.25) is 0 Å². The molecule has 1 amide bonds. The largest absolute Gasteiger partial charge is 0.481 e. The van der Waals surface area contributed by atoms with E-state index in [1.807, 2.05) is 0 Å². The number of aromatic nitrogens is 2. The second-order valence-corrected chi connectivity index (χ2v) is 6.40. The predicted octanol–water partition coefficient (Wildman–Crippen LogP) is 2.58. The van der Waals surface area contributed by atoms with Crippen LogP contribution < -0.4 is 0 Å². The smallest absolute Gasteiger partial charge is 0.308 e. The number of carbonyl (C=O) groups is 2. The van der Waals surface area contributed by atoms with Gasteiger partial charge in [-0.25, -0.2) is 0 Å². The number of hydrogen-bond acceptors (Lipinski definition) is 4. The lowest BCUT2D eigenvalue weighted by Crippen LogP contribution is -2.33. The predicted molar refractivity (Wildman–Crippen MR) is 80.7 cm³/mol. The number of carboxylic acid groups (broad SMARTS) is 1. The highest BCUT2D eigenvalue weighted by Gasteiger charge is 2.22. The number of rotatable bonds is 5. The molecule has 1 unspecified atom stereocenters. The van der Waals surface area contributed by atoms with E-state index in [0.717, 1.165) is 4.88 Å².